The molecule has 3 nitrogen and oxygen atoms in total. The molecule has 0 aliphatic rings. The third kappa shape index (κ3) is 17.8. The van der Waals surface area contributed by atoms with E-state index in [1.165, 1.54) is 70.6 Å². The summed E-state index contributed by atoms with van der Waals surface area (Å²) < 4.78 is 0. The van der Waals surface area contributed by atoms with Gasteiger partial charge in [0.05, 0.1) is 18.8 Å². The van der Waals surface area contributed by atoms with E-state index in [9.17, 15) is 10.2 Å². The summed E-state index contributed by atoms with van der Waals surface area (Å²) in [6.45, 7) is 3.49. The number of hydrogen-bond donors (Lipinski definition) is 3. The van der Waals surface area contributed by atoms with E-state index in [0.717, 1.165) is 19.3 Å². The van der Waals surface area contributed by atoms with Gasteiger partial charge in [0, 0.05) is 6.42 Å². The van der Waals surface area contributed by atoms with Gasteiger partial charge >= 0.3 is 0 Å². The molecule has 3 N–H and O–H groups in total. The van der Waals surface area contributed by atoms with Crippen molar-refractivity contribution in [2.75, 3.05) is 6.61 Å². The highest BCUT2D eigenvalue weighted by atomic mass is 16.3. The number of allylic oxidation sites excluding steroid dienone is 1. The van der Waals surface area contributed by atoms with Crippen LogP contribution in [0.15, 0.2) is 12.7 Å². The Morgan fingerprint density at radius 2 is 1.09 bits per heavy atom. The Labute approximate surface area is 143 Å². The van der Waals surface area contributed by atoms with Crippen LogP contribution in [-0.4, -0.2) is 34.1 Å². The van der Waals surface area contributed by atoms with Crippen molar-refractivity contribution in [1.29, 1.82) is 0 Å². The molecule has 23 heavy (non-hydrogen) atoms. The maximum Gasteiger partial charge on any atom is 0.0795 e. The molecule has 0 fully saturated rings. The molecule has 0 aromatic heterocycles. The lowest BCUT2D eigenvalue weighted by atomic mass is 10.0. The Balaban J connectivity index is 3.11. The smallest absolute Gasteiger partial charge is 0.0795 e. The fourth-order valence-corrected chi connectivity index (χ4v) is 2.94. The van der Waals surface area contributed by atoms with Crippen LogP contribution in [0.5, 0.6) is 0 Å². The highest BCUT2D eigenvalue weighted by Crippen LogP contribution is 2.14. The van der Waals surface area contributed by atoms with Gasteiger partial charge in [-0.15, -0.1) is 6.58 Å². The lowest BCUT2D eigenvalue weighted by molar-refractivity contribution is 0.0380. The van der Waals surface area contributed by atoms with E-state index in [0.29, 0.717) is 6.42 Å². The van der Waals surface area contributed by atoms with E-state index in [1.807, 2.05) is 6.08 Å². The molecule has 0 heterocycles. The molecule has 0 spiro atoms. The van der Waals surface area contributed by atoms with E-state index in [1.54, 1.807) is 0 Å². The van der Waals surface area contributed by atoms with Gasteiger partial charge in [-0.3, -0.25) is 0 Å². The van der Waals surface area contributed by atoms with E-state index in [2.05, 4.69) is 6.58 Å². The first-order chi connectivity index (χ1) is 11.2. The van der Waals surface area contributed by atoms with Gasteiger partial charge in [-0.1, -0.05) is 76.7 Å². The van der Waals surface area contributed by atoms with Gasteiger partial charge < -0.3 is 15.3 Å². The molecule has 0 saturated carbocycles. The Kier molecular flexibility index (Phi) is 17.7. The van der Waals surface area contributed by atoms with Crippen LogP contribution in [0.25, 0.3) is 0 Å². The van der Waals surface area contributed by atoms with Crippen molar-refractivity contribution in [3.8, 4) is 0 Å². The Morgan fingerprint density at radius 1 is 0.652 bits per heavy atom. The average Bonchev–Trinajstić information content (AvgIpc) is 2.55. The highest BCUT2D eigenvalue weighted by Gasteiger charge is 2.10. The largest absolute Gasteiger partial charge is 0.394 e. The number of hydrogen-bond acceptors (Lipinski definition) is 3. The van der Waals surface area contributed by atoms with Crippen molar-refractivity contribution in [3.63, 3.8) is 0 Å². The quantitative estimate of drug-likeness (QED) is 0.252. The van der Waals surface area contributed by atoms with Crippen LogP contribution in [0, 0.1) is 0 Å². The molecule has 3 heteroatoms. The van der Waals surface area contributed by atoms with Crippen molar-refractivity contribution < 1.29 is 15.3 Å². The predicted octanol–water partition coefficient (Wildman–Crippen LogP) is 4.74. The van der Waals surface area contributed by atoms with Crippen molar-refractivity contribution in [2.45, 2.75) is 109 Å². The molecule has 0 saturated heterocycles. The predicted molar refractivity (Wildman–Crippen MR) is 98.6 cm³/mol. The number of rotatable bonds is 18. The van der Waals surface area contributed by atoms with Gasteiger partial charge in [-0.2, -0.15) is 0 Å². The summed E-state index contributed by atoms with van der Waals surface area (Å²) in [4.78, 5) is 0. The third-order valence-electron chi connectivity index (χ3n) is 4.45. The lowest BCUT2D eigenvalue weighted by Gasteiger charge is -2.13. The monoisotopic (exact) mass is 328 g/mol. The molecule has 0 aromatic rings. The van der Waals surface area contributed by atoms with Crippen LogP contribution in [0.3, 0.4) is 0 Å². The molecule has 138 valence electrons. The second kappa shape index (κ2) is 18.0. The lowest BCUT2D eigenvalue weighted by Crippen LogP contribution is -2.20. The van der Waals surface area contributed by atoms with Crippen LogP contribution in [0.1, 0.15) is 96.3 Å². The van der Waals surface area contributed by atoms with E-state index < -0.39 is 12.2 Å². The van der Waals surface area contributed by atoms with Crippen LogP contribution in [-0.2, 0) is 0 Å². The molecular weight excluding hydrogens is 288 g/mol. The van der Waals surface area contributed by atoms with Crippen LogP contribution < -0.4 is 0 Å². The second-order valence-electron chi connectivity index (χ2n) is 6.83. The van der Waals surface area contributed by atoms with Gasteiger partial charge in [0.25, 0.3) is 0 Å². The fraction of sp³-hybridized carbons (Fsp3) is 0.900. The van der Waals surface area contributed by atoms with E-state index in [4.69, 9.17) is 5.11 Å². The maximum atomic E-state index is 9.67. The average molecular weight is 329 g/mol. The summed E-state index contributed by atoms with van der Waals surface area (Å²) in [5.74, 6) is 0. The Hall–Kier alpha value is -0.380. The first-order valence-electron chi connectivity index (χ1n) is 9.78. The normalized spacial score (nSPS) is 13.9. The minimum atomic E-state index is -0.771. The van der Waals surface area contributed by atoms with Gasteiger partial charge in [-0.05, 0) is 19.3 Å². The zero-order chi connectivity index (χ0) is 17.2. The number of unbranched alkanes of at least 4 members (excludes halogenated alkanes) is 12. The Morgan fingerprint density at radius 3 is 1.52 bits per heavy atom. The van der Waals surface area contributed by atoms with E-state index >= 15 is 0 Å². The zero-order valence-electron chi connectivity index (χ0n) is 15.1. The minimum absolute atomic E-state index is 0.258. The van der Waals surface area contributed by atoms with Gasteiger partial charge in [0.1, 0.15) is 0 Å². The topological polar surface area (TPSA) is 60.7 Å². The Bertz CT molecular complexity index is 243. The molecule has 2 atom stereocenters. The molecule has 0 amide bonds. The van der Waals surface area contributed by atoms with Gasteiger partial charge in [0.15, 0.2) is 0 Å². The minimum Gasteiger partial charge on any atom is -0.394 e. The third-order valence-corrected chi connectivity index (χ3v) is 4.45. The van der Waals surface area contributed by atoms with Crippen LogP contribution >= 0.6 is 0 Å². The van der Waals surface area contributed by atoms with Gasteiger partial charge in [0.2, 0.25) is 0 Å². The molecule has 0 bridgehead atoms. The fourth-order valence-electron chi connectivity index (χ4n) is 2.94. The van der Waals surface area contributed by atoms with Crippen LogP contribution in [0.4, 0.5) is 0 Å². The first-order valence-corrected chi connectivity index (χ1v) is 9.78. The maximum absolute atomic E-state index is 9.67. The van der Waals surface area contributed by atoms with Crippen LogP contribution in [0.2, 0.25) is 0 Å². The molecule has 0 unspecified atom stereocenters. The van der Waals surface area contributed by atoms with Crippen molar-refractivity contribution in [1.82, 2.24) is 0 Å². The summed E-state index contributed by atoms with van der Waals surface area (Å²) in [6, 6.07) is 0. The number of aliphatic hydroxyl groups is 3. The SMILES string of the molecule is C=CCCCCCCCCCCCCCC[C@H](O)C[C@@H](O)CO. The summed E-state index contributed by atoms with van der Waals surface area (Å²) in [5.41, 5.74) is 0. The standard InChI is InChI=1S/C20H40O3/c1-2-3-4-5-6-7-8-9-10-11-12-13-14-15-16-19(22)17-20(23)18-21/h2,19-23H,1,3-18H2/t19-,20+/m0/s1. The summed E-state index contributed by atoms with van der Waals surface area (Å²) in [6.07, 6.45) is 18.6. The summed E-state index contributed by atoms with van der Waals surface area (Å²) in [7, 11) is 0. The molecule has 0 radical (unpaired) electrons. The molecule has 0 aliphatic carbocycles. The molecule has 0 aliphatic heterocycles. The van der Waals surface area contributed by atoms with Crippen molar-refractivity contribution >= 4 is 0 Å². The first kappa shape index (κ1) is 22.6. The summed E-state index contributed by atoms with van der Waals surface area (Å²) in [5, 5.41) is 27.6. The molecule has 0 aromatic carbocycles. The van der Waals surface area contributed by atoms with Crippen molar-refractivity contribution in [3.05, 3.63) is 12.7 Å². The highest BCUT2D eigenvalue weighted by molar-refractivity contribution is 4.65. The van der Waals surface area contributed by atoms with E-state index in [-0.39, 0.29) is 6.61 Å². The van der Waals surface area contributed by atoms with Gasteiger partial charge in [-0.25, -0.2) is 0 Å². The number of aliphatic hydroxyl groups excluding tert-OH is 3. The summed E-state index contributed by atoms with van der Waals surface area (Å²) >= 11 is 0. The molecule has 0 rings (SSSR count). The molecular formula is C20H40O3. The van der Waals surface area contributed by atoms with Crippen molar-refractivity contribution in [2.24, 2.45) is 0 Å². The zero-order valence-corrected chi connectivity index (χ0v) is 15.1. The second-order valence-corrected chi connectivity index (χ2v) is 6.83.